The van der Waals surface area contributed by atoms with Crippen molar-refractivity contribution in [3.63, 3.8) is 0 Å². The number of urea groups is 1. The van der Waals surface area contributed by atoms with E-state index in [4.69, 9.17) is 5.11 Å². The molecule has 1 aliphatic heterocycles. The van der Waals surface area contributed by atoms with Crippen molar-refractivity contribution in [2.45, 2.75) is 51.6 Å². The number of rotatable bonds is 7. The largest absolute Gasteiger partial charge is 0.481 e. The maximum absolute atomic E-state index is 11.9. The number of carboxylic acid groups (broad SMARTS) is 1. The van der Waals surface area contributed by atoms with Gasteiger partial charge < -0.3 is 15.7 Å². The zero-order valence-electron chi connectivity index (χ0n) is 13.0. The van der Waals surface area contributed by atoms with E-state index in [1.807, 2.05) is 13.8 Å². The summed E-state index contributed by atoms with van der Waals surface area (Å²) >= 11 is 0. The number of carbonyl (C=O) groups is 2. The third-order valence-corrected chi connectivity index (χ3v) is 4.23. The van der Waals surface area contributed by atoms with Crippen molar-refractivity contribution in [2.24, 2.45) is 11.8 Å². The van der Waals surface area contributed by atoms with Gasteiger partial charge in [-0.3, -0.25) is 9.69 Å². The number of amides is 2. The third kappa shape index (κ3) is 5.19. The lowest BCUT2D eigenvalue weighted by Crippen LogP contribution is -2.45. The Morgan fingerprint density at radius 2 is 2.00 bits per heavy atom. The summed E-state index contributed by atoms with van der Waals surface area (Å²) in [7, 11) is 0. The average Bonchev–Trinajstić information content (AvgIpc) is 3.15. The fourth-order valence-electron chi connectivity index (χ4n) is 2.97. The monoisotopic (exact) mass is 297 g/mol. The van der Waals surface area contributed by atoms with Gasteiger partial charge in [-0.1, -0.05) is 13.8 Å². The summed E-state index contributed by atoms with van der Waals surface area (Å²) in [5.74, 6) is -1.05. The maximum Gasteiger partial charge on any atom is 0.315 e. The van der Waals surface area contributed by atoms with Gasteiger partial charge in [0.15, 0.2) is 0 Å². The fraction of sp³-hybridized carbons (Fsp3) is 0.867. The van der Waals surface area contributed by atoms with E-state index >= 15 is 0 Å². The van der Waals surface area contributed by atoms with Crippen molar-refractivity contribution in [2.75, 3.05) is 19.6 Å². The summed E-state index contributed by atoms with van der Waals surface area (Å²) in [5.41, 5.74) is 0. The molecule has 21 heavy (non-hydrogen) atoms. The number of nitrogens with one attached hydrogen (secondary N) is 2. The Morgan fingerprint density at radius 3 is 2.57 bits per heavy atom. The van der Waals surface area contributed by atoms with E-state index in [9.17, 15) is 9.59 Å². The Bertz CT molecular complexity index is 382. The molecule has 6 nitrogen and oxygen atoms in total. The van der Waals surface area contributed by atoms with Crippen LogP contribution in [-0.4, -0.2) is 53.7 Å². The van der Waals surface area contributed by atoms with Gasteiger partial charge in [-0.2, -0.15) is 0 Å². The molecule has 2 aliphatic rings. The van der Waals surface area contributed by atoms with E-state index in [0.29, 0.717) is 12.3 Å². The molecule has 2 fully saturated rings. The molecule has 2 unspecified atom stereocenters. The van der Waals surface area contributed by atoms with Gasteiger partial charge in [-0.15, -0.1) is 0 Å². The zero-order chi connectivity index (χ0) is 15.4. The van der Waals surface area contributed by atoms with Gasteiger partial charge in [-0.05, 0) is 31.6 Å². The van der Waals surface area contributed by atoms with Crippen LogP contribution >= 0.6 is 0 Å². The molecule has 1 saturated carbocycles. The predicted octanol–water partition coefficient (Wildman–Crippen LogP) is 1.27. The molecule has 0 radical (unpaired) electrons. The van der Waals surface area contributed by atoms with Crippen LogP contribution in [0.5, 0.6) is 0 Å². The van der Waals surface area contributed by atoms with Crippen LogP contribution in [0, 0.1) is 11.8 Å². The number of carboxylic acids is 1. The quantitative estimate of drug-likeness (QED) is 0.661. The smallest absolute Gasteiger partial charge is 0.315 e. The minimum absolute atomic E-state index is 0.193. The van der Waals surface area contributed by atoms with Crippen molar-refractivity contribution >= 4 is 12.0 Å². The SMILES string of the molecule is CC(C)CC(CNC(=O)NC1CCN(C2CC2)C1)C(=O)O. The Hall–Kier alpha value is -1.30. The Labute approximate surface area is 126 Å². The summed E-state index contributed by atoms with van der Waals surface area (Å²) < 4.78 is 0. The molecule has 2 amide bonds. The third-order valence-electron chi connectivity index (χ3n) is 4.23. The minimum atomic E-state index is -0.843. The van der Waals surface area contributed by atoms with Crippen molar-refractivity contribution in [3.05, 3.63) is 0 Å². The highest BCUT2D eigenvalue weighted by atomic mass is 16.4. The number of carbonyl (C=O) groups excluding carboxylic acids is 1. The number of hydrogen-bond donors (Lipinski definition) is 3. The normalized spacial score (nSPS) is 24.0. The second-order valence-corrected chi connectivity index (χ2v) is 6.73. The minimum Gasteiger partial charge on any atom is -0.481 e. The van der Waals surface area contributed by atoms with E-state index in [0.717, 1.165) is 25.6 Å². The zero-order valence-corrected chi connectivity index (χ0v) is 13.0. The summed E-state index contributed by atoms with van der Waals surface area (Å²) in [6.45, 7) is 6.15. The molecule has 1 aliphatic carbocycles. The molecular formula is C15H27N3O3. The van der Waals surface area contributed by atoms with Gasteiger partial charge in [0.05, 0.1) is 5.92 Å². The molecule has 1 heterocycles. The molecule has 0 aromatic rings. The van der Waals surface area contributed by atoms with E-state index < -0.39 is 11.9 Å². The number of likely N-dealkylation sites (tertiary alicyclic amines) is 1. The first kappa shape index (κ1) is 16.1. The van der Waals surface area contributed by atoms with Crippen molar-refractivity contribution < 1.29 is 14.7 Å². The van der Waals surface area contributed by atoms with E-state index in [1.54, 1.807) is 0 Å². The summed E-state index contributed by atoms with van der Waals surface area (Å²) in [4.78, 5) is 25.4. The molecule has 2 rings (SSSR count). The highest BCUT2D eigenvalue weighted by molar-refractivity contribution is 5.76. The summed E-state index contributed by atoms with van der Waals surface area (Å²) in [5, 5.41) is 14.8. The first-order chi connectivity index (χ1) is 9.95. The van der Waals surface area contributed by atoms with Crippen LogP contribution in [0.4, 0.5) is 4.79 Å². The predicted molar refractivity (Wildman–Crippen MR) is 80.1 cm³/mol. The molecule has 2 atom stereocenters. The molecule has 0 bridgehead atoms. The van der Waals surface area contributed by atoms with Crippen LogP contribution in [0.3, 0.4) is 0 Å². The van der Waals surface area contributed by atoms with Crippen molar-refractivity contribution in [1.29, 1.82) is 0 Å². The molecule has 0 aromatic carbocycles. The molecule has 0 spiro atoms. The second kappa shape index (κ2) is 7.11. The molecular weight excluding hydrogens is 270 g/mol. The number of aliphatic carboxylic acids is 1. The molecule has 6 heteroatoms. The van der Waals surface area contributed by atoms with E-state index in [2.05, 4.69) is 15.5 Å². The Morgan fingerprint density at radius 1 is 1.29 bits per heavy atom. The number of nitrogens with zero attached hydrogens (tertiary/aromatic N) is 1. The van der Waals surface area contributed by atoms with Crippen LogP contribution in [0.25, 0.3) is 0 Å². The molecule has 1 saturated heterocycles. The van der Waals surface area contributed by atoms with Crippen LogP contribution in [0.15, 0.2) is 0 Å². The average molecular weight is 297 g/mol. The molecule has 3 N–H and O–H groups in total. The second-order valence-electron chi connectivity index (χ2n) is 6.73. The summed E-state index contributed by atoms with van der Waals surface area (Å²) in [6.07, 6.45) is 4.13. The Balaban J connectivity index is 1.67. The lowest BCUT2D eigenvalue weighted by Gasteiger charge is -2.18. The maximum atomic E-state index is 11.9. The summed E-state index contributed by atoms with van der Waals surface area (Å²) in [6, 6.07) is 0.689. The lowest BCUT2D eigenvalue weighted by atomic mass is 9.97. The van der Waals surface area contributed by atoms with Crippen LogP contribution in [-0.2, 0) is 4.79 Å². The van der Waals surface area contributed by atoms with Gasteiger partial charge in [0.2, 0.25) is 0 Å². The molecule has 120 valence electrons. The highest BCUT2D eigenvalue weighted by Gasteiger charge is 2.34. The lowest BCUT2D eigenvalue weighted by molar-refractivity contribution is -0.142. The molecule has 0 aromatic heterocycles. The number of hydrogen-bond acceptors (Lipinski definition) is 3. The first-order valence-electron chi connectivity index (χ1n) is 7.97. The van der Waals surface area contributed by atoms with Gasteiger partial charge in [-0.25, -0.2) is 4.79 Å². The van der Waals surface area contributed by atoms with Crippen LogP contribution in [0.1, 0.15) is 39.5 Å². The first-order valence-corrected chi connectivity index (χ1v) is 7.97. The van der Waals surface area contributed by atoms with E-state index in [1.165, 1.54) is 12.8 Å². The van der Waals surface area contributed by atoms with Crippen molar-refractivity contribution in [3.8, 4) is 0 Å². The highest BCUT2D eigenvalue weighted by Crippen LogP contribution is 2.29. The van der Waals surface area contributed by atoms with Gasteiger partial charge in [0.25, 0.3) is 0 Å². The van der Waals surface area contributed by atoms with Crippen LogP contribution in [0.2, 0.25) is 0 Å². The fourth-order valence-corrected chi connectivity index (χ4v) is 2.97. The Kier molecular flexibility index (Phi) is 5.45. The van der Waals surface area contributed by atoms with Crippen LogP contribution < -0.4 is 10.6 Å². The van der Waals surface area contributed by atoms with Gasteiger partial charge in [0.1, 0.15) is 0 Å². The topological polar surface area (TPSA) is 81.7 Å². The van der Waals surface area contributed by atoms with E-state index in [-0.39, 0.29) is 18.6 Å². The van der Waals surface area contributed by atoms with Gasteiger partial charge in [0, 0.05) is 31.7 Å². The van der Waals surface area contributed by atoms with Crippen molar-refractivity contribution in [1.82, 2.24) is 15.5 Å². The standard InChI is InChI=1S/C15H27N3O3/c1-10(2)7-11(14(19)20)8-16-15(21)17-12-5-6-18(9-12)13-3-4-13/h10-13H,3-9H2,1-2H3,(H,19,20)(H2,16,17,21). The van der Waals surface area contributed by atoms with Gasteiger partial charge >= 0.3 is 12.0 Å².